The number of nitrogens with two attached hydrogens (primary N) is 1. The molecule has 14 nitrogen and oxygen atoms in total. The molecule has 0 aliphatic carbocycles. The van der Waals surface area contributed by atoms with Crippen molar-refractivity contribution < 1.29 is 33.4 Å². The van der Waals surface area contributed by atoms with Gasteiger partial charge in [-0.3, -0.25) is 34.6 Å². The van der Waals surface area contributed by atoms with E-state index in [9.17, 15) is 24.0 Å². The molecule has 5 amide bonds. The van der Waals surface area contributed by atoms with Gasteiger partial charge in [-0.05, 0) is 85.3 Å². The van der Waals surface area contributed by atoms with Gasteiger partial charge in [0, 0.05) is 23.0 Å². The van der Waals surface area contributed by atoms with E-state index < -0.39 is 5.25 Å². The molecule has 0 saturated carbocycles. The molecular weight excluding hydrogens is 767 g/mol. The highest BCUT2D eigenvalue weighted by molar-refractivity contribution is 8.15. The lowest BCUT2D eigenvalue weighted by Crippen LogP contribution is -2.25. The number of aromatic nitrogens is 3. The molecule has 16 heteroatoms. The van der Waals surface area contributed by atoms with Gasteiger partial charge in [-0.1, -0.05) is 66.0 Å². The van der Waals surface area contributed by atoms with Gasteiger partial charge in [0.15, 0.2) is 0 Å². The van der Waals surface area contributed by atoms with Crippen LogP contribution in [0.3, 0.4) is 0 Å². The predicted octanol–water partition coefficient (Wildman–Crippen LogP) is 7.47. The highest BCUT2D eigenvalue weighted by atomic mass is 32.2. The van der Waals surface area contributed by atoms with Gasteiger partial charge in [0.25, 0.3) is 16.4 Å². The molecule has 2 unspecified atom stereocenters. The van der Waals surface area contributed by atoms with E-state index in [4.69, 9.17) is 15.2 Å². The van der Waals surface area contributed by atoms with Gasteiger partial charge in [-0.2, -0.15) is 0 Å². The number of hydrogen-bond acceptors (Lipinski definition) is 12. The Bertz CT molecular complexity index is 2480. The van der Waals surface area contributed by atoms with Gasteiger partial charge in [0.2, 0.25) is 23.6 Å². The Labute approximate surface area is 334 Å². The third kappa shape index (κ3) is 9.78. The number of hydrogen-bond donors (Lipinski definition) is 5. The first kappa shape index (κ1) is 38.6. The number of pyridine rings is 2. The lowest BCUT2D eigenvalue weighted by atomic mass is 10.1. The van der Waals surface area contributed by atoms with Gasteiger partial charge in [0.05, 0.1) is 34.3 Å². The number of carbonyl (C=O) groups excluding carboxylic acids is 5. The fourth-order valence-corrected chi connectivity index (χ4v) is 7.69. The van der Waals surface area contributed by atoms with Gasteiger partial charge >= 0.3 is 0 Å². The largest absolute Gasteiger partial charge is 0.439 e. The number of fused-ring (bicyclic) bond motifs is 1. The van der Waals surface area contributed by atoms with Crippen LogP contribution in [0.25, 0.3) is 10.9 Å². The van der Waals surface area contributed by atoms with Crippen molar-refractivity contribution in [2.75, 3.05) is 11.1 Å². The van der Waals surface area contributed by atoms with Crippen LogP contribution in [0.15, 0.2) is 103 Å². The summed E-state index contributed by atoms with van der Waals surface area (Å²) in [7, 11) is 0. The molecule has 57 heavy (non-hydrogen) atoms. The molecule has 288 valence electrons. The highest BCUT2D eigenvalue weighted by Crippen LogP contribution is 2.30. The number of H-pyrrole nitrogens is 1. The van der Waals surface area contributed by atoms with Crippen LogP contribution in [-0.4, -0.2) is 53.7 Å². The summed E-state index contributed by atoms with van der Waals surface area (Å²) >= 11 is 2.04. The van der Waals surface area contributed by atoms with Gasteiger partial charge in [0.1, 0.15) is 17.2 Å². The maximum absolute atomic E-state index is 12.6. The van der Waals surface area contributed by atoms with Crippen molar-refractivity contribution in [3.8, 4) is 23.3 Å². The number of thioether (sulfide) groups is 2. The summed E-state index contributed by atoms with van der Waals surface area (Å²) in [4.78, 5) is 70.0. The number of aromatic amines is 1. The maximum Gasteiger partial charge on any atom is 0.286 e. The number of nitrogens with one attached hydrogen (secondary N) is 4. The quantitative estimate of drug-likeness (QED) is 0.0915. The minimum Gasteiger partial charge on any atom is -0.439 e. The topological polar surface area (TPSA) is 207 Å². The zero-order valence-electron chi connectivity index (χ0n) is 30.5. The fourth-order valence-electron chi connectivity index (χ4n) is 5.98. The van der Waals surface area contributed by atoms with Crippen molar-refractivity contribution >= 4 is 74.0 Å². The number of rotatable bonds is 10. The van der Waals surface area contributed by atoms with Crippen molar-refractivity contribution in [3.05, 3.63) is 131 Å². The maximum atomic E-state index is 12.6. The zero-order valence-corrected chi connectivity index (χ0v) is 32.2. The van der Waals surface area contributed by atoms with Crippen LogP contribution in [-0.2, 0) is 22.4 Å². The van der Waals surface area contributed by atoms with E-state index in [2.05, 4.69) is 30.9 Å². The summed E-state index contributed by atoms with van der Waals surface area (Å²) in [6.45, 7) is 3.82. The number of carbonyl (C=O) groups is 5. The van der Waals surface area contributed by atoms with Crippen molar-refractivity contribution in [1.29, 1.82) is 0 Å². The van der Waals surface area contributed by atoms with E-state index in [1.54, 1.807) is 30.3 Å². The lowest BCUT2D eigenvalue weighted by molar-refractivity contribution is -0.119. The third-order valence-electron chi connectivity index (χ3n) is 8.81. The first-order valence-corrected chi connectivity index (χ1v) is 19.4. The number of aryl methyl sites for hydroxylation is 2. The number of nitrogens with zero attached hydrogens (tertiary/aromatic N) is 2. The standard InChI is InChI=1S/C25H20N4O4S.C16H15N3O3S/c1-14-10-15(11-21-24(31)29-25(32)34-21)6-8-20(14)33-22-9-7-17(13-26-22)27-23(30)19-12-16-4-2-3-5-18(16)28-19;1-9-6-10(7-13-15(20)19-16(21)23-13)2-4-12(9)22-14-5-3-11(17)8-18-14/h2-10,12-13,21,28H,11H2,1H3,(H,27,30)(H,29,31,32);2-6,8,13H,7,17H2,1H3,(H,19,20,21). The monoisotopic (exact) mass is 801 g/mol. The summed E-state index contributed by atoms with van der Waals surface area (Å²) in [6.07, 6.45) is 4.04. The number of anilines is 2. The minimum atomic E-state index is -0.410. The second-order valence-electron chi connectivity index (χ2n) is 13.1. The summed E-state index contributed by atoms with van der Waals surface area (Å²) in [5.74, 6) is 1.42. The average molecular weight is 802 g/mol. The number of ether oxygens (including phenoxy) is 2. The van der Waals surface area contributed by atoms with Crippen LogP contribution in [0.1, 0.15) is 32.7 Å². The second-order valence-corrected chi connectivity index (χ2v) is 15.5. The Hall–Kier alpha value is -6.65. The van der Waals surface area contributed by atoms with Crippen molar-refractivity contribution in [3.63, 3.8) is 0 Å². The van der Waals surface area contributed by atoms with Gasteiger partial charge in [-0.25, -0.2) is 9.97 Å². The average Bonchev–Trinajstić information content (AvgIpc) is 3.86. The Morgan fingerprint density at radius 3 is 1.75 bits per heavy atom. The predicted molar refractivity (Wildman–Crippen MR) is 219 cm³/mol. The number of amides is 5. The molecule has 3 aromatic heterocycles. The van der Waals surface area contributed by atoms with E-state index >= 15 is 0 Å². The van der Waals surface area contributed by atoms with E-state index in [0.717, 1.165) is 56.7 Å². The molecule has 2 atom stereocenters. The van der Waals surface area contributed by atoms with Crippen LogP contribution in [0.5, 0.6) is 23.3 Å². The first-order valence-electron chi connectivity index (χ1n) is 17.6. The molecular formula is C41H35N7O7S2. The molecule has 2 fully saturated rings. The Morgan fingerprint density at radius 2 is 1.28 bits per heavy atom. The van der Waals surface area contributed by atoms with Gasteiger partial charge < -0.3 is 25.5 Å². The molecule has 6 N–H and O–H groups in total. The van der Waals surface area contributed by atoms with E-state index in [1.807, 2.05) is 74.5 Å². The van der Waals surface area contributed by atoms with E-state index in [-0.39, 0.29) is 33.4 Å². The van der Waals surface area contributed by atoms with Crippen LogP contribution in [0.4, 0.5) is 21.0 Å². The Balaban J connectivity index is 0.000000188. The summed E-state index contributed by atoms with van der Waals surface area (Å²) in [5, 5.41) is 7.01. The normalized spacial score (nSPS) is 16.1. The lowest BCUT2D eigenvalue weighted by Gasteiger charge is -2.11. The molecule has 5 heterocycles. The number of para-hydroxylation sites is 1. The van der Waals surface area contributed by atoms with Crippen molar-refractivity contribution in [2.24, 2.45) is 0 Å². The first-order chi connectivity index (χ1) is 27.4. The van der Waals surface area contributed by atoms with Crippen LogP contribution < -0.4 is 31.2 Å². The minimum absolute atomic E-state index is 0.232. The molecule has 2 aliphatic heterocycles. The van der Waals surface area contributed by atoms with Gasteiger partial charge in [-0.15, -0.1) is 0 Å². The molecule has 0 bridgehead atoms. The summed E-state index contributed by atoms with van der Waals surface area (Å²) < 4.78 is 11.6. The second kappa shape index (κ2) is 17.0. The van der Waals surface area contributed by atoms with E-state index in [0.29, 0.717) is 53.2 Å². The Kier molecular flexibility index (Phi) is 11.5. The van der Waals surface area contributed by atoms with E-state index in [1.165, 1.54) is 12.4 Å². The van der Waals surface area contributed by atoms with Crippen LogP contribution in [0.2, 0.25) is 0 Å². The summed E-state index contributed by atoms with van der Waals surface area (Å²) in [6, 6.07) is 27.6. The number of imide groups is 2. The number of nitrogen functional groups attached to an aromatic ring is 1. The molecule has 3 aromatic carbocycles. The van der Waals surface area contributed by atoms with Crippen molar-refractivity contribution in [2.45, 2.75) is 37.2 Å². The molecule has 2 saturated heterocycles. The molecule has 8 rings (SSSR count). The molecule has 0 radical (unpaired) electrons. The Morgan fingerprint density at radius 1 is 0.719 bits per heavy atom. The van der Waals surface area contributed by atoms with Crippen LogP contribution >= 0.6 is 23.5 Å². The molecule has 0 spiro atoms. The smallest absolute Gasteiger partial charge is 0.286 e. The van der Waals surface area contributed by atoms with Crippen LogP contribution in [0, 0.1) is 13.8 Å². The third-order valence-corrected chi connectivity index (χ3v) is 10.8. The molecule has 2 aliphatic rings. The zero-order chi connectivity index (χ0) is 40.1. The van der Waals surface area contributed by atoms with Crippen molar-refractivity contribution in [1.82, 2.24) is 25.6 Å². The molecule has 6 aromatic rings. The fraction of sp³-hybridized carbons (Fsp3) is 0.146. The SMILES string of the molecule is Cc1cc(CC2SC(=O)NC2=O)ccc1Oc1ccc(N)cn1.Cc1cc(CC2SC(=O)NC2=O)ccc1Oc1ccc(NC(=O)c2cc3ccccc3[nH]2)cn1. The number of benzene rings is 3. The highest BCUT2D eigenvalue weighted by Gasteiger charge is 2.32. The summed E-state index contributed by atoms with van der Waals surface area (Å²) in [5.41, 5.74) is 11.8.